The molecule has 0 aromatic heterocycles. The summed E-state index contributed by atoms with van der Waals surface area (Å²) in [6, 6.07) is 14.4. The second-order valence-corrected chi connectivity index (χ2v) is 8.34. The monoisotopic (exact) mass is 416 g/mol. The Hall–Kier alpha value is -2.11. The highest BCUT2D eigenvalue weighted by molar-refractivity contribution is 5.83. The number of rotatable bonds is 14. The lowest BCUT2D eigenvalue weighted by Gasteiger charge is -2.21. The molecule has 0 aliphatic rings. The first-order valence-electron chi connectivity index (χ1n) is 11.0. The number of ether oxygens (including phenoxy) is 3. The molecule has 0 aliphatic carbocycles. The predicted octanol–water partition coefficient (Wildman–Crippen LogP) is 5.14. The van der Waals surface area contributed by atoms with Crippen molar-refractivity contribution in [2.75, 3.05) is 26.4 Å². The number of hydrogen-bond donors (Lipinski definition) is 1. The zero-order chi connectivity index (χ0) is 21.8. The van der Waals surface area contributed by atoms with Crippen molar-refractivity contribution in [2.24, 2.45) is 5.41 Å². The predicted molar refractivity (Wildman–Crippen MR) is 120 cm³/mol. The number of unbranched alkanes of at least 4 members (excludes halogenated alkanes) is 3. The van der Waals surface area contributed by atoms with Gasteiger partial charge in [-0.25, -0.2) is 0 Å². The quantitative estimate of drug-likeness (QED) is 0.341. The largest absolute Gasteiger partial charge is 0.494 e. The highest BCUT2D eigenvalue weighted by atomic mass is 16.5. The van der Waals surface area contributed by atoms with Crippen LogP contribution in [0.3, 0.4) is 0 Å². The number of esters is 1. The molecule has 2 rings (SSSR count). The summed E-state index contributed by atoms with van der Waals surface area (Å²) in [7, 11) is 0. The molecule has 5 nitrogen and oxygen atoms in total. The lowest BCUT2D eigenvalue weighted by molar-refractivity contribution is -0.158. The van der Waals surface area contributed by atoms with Crippen molar-refractivity contribution < 1.29 is 24.1 Å². The summed E-state index contributed by atoms with van der Waals surface area (Å²) in [5.74, 6) is 0.629. The van der Waals surface area contributed by atoms with Gasteiger partial charge >= 0.3 is 5.97 Å². The van der Waals surface area contributed by atoms with E-state index in [-0.39, 0.29) is 19.2 Å². The summed E-state index contributed by atoms with van der Waals surface area (Å²) >= 11 is 0. The lowest BCUT2D eigenvalue weighted by atomic mass is 9.91. The summed E-state index contributed by atoms with van der Waals surface area (Å²) in [6.45, 7) is 7.08. The van der Waals surface area contributed by atoms with Gasteiger partial charge in [0.05, 0.1) is 18.6 Å². The first-order chi connectivity index (χ1) is 14.4. The number of benzene rings is 2. The number of aliphatic hydroxyl groups is 1. The molecule has 0 bridgehead atoms. The van der Waals surface area contributed by atoms with Crippen molar-refractivity contribution in [1.82, 2.24) is 0 Å². The fourth-order valence-corrected chi connectivity index (χ4v) is 2.89. The van der Waals surface area contributed by atoms with Crippen LogP contribution >= 0.6 is 0 Å². The van der Waals surface area contributed by atoms with Gasteiger partial charge in [0.2, 0.25) is 0 Å². The first kappa shape index (κ1) is 24.2. The van der Waals surface area contributed by atoms with Gasteiger partial charge in [0, 0.05) is 6.61 Å². The lowest BCUT2D eigenvalue weighted by Crippen LogP contribution is -2.30. The molecule has 0 amide bonds. The molecule has 0 heterocycles. The van der Waals surface area contributed by atoms with E-state index in [4.69, 9.17) is 14.2 Å². The van der Waals surface area contributed by atoms with Crippen LogP contribution < -0.4 is 4.74 Å². The van der Waals surface area contributed by atoms with E-state index < -0.39 is 11.5 Å². The molecule has 30 heavy (non-hydrogen) atoms. The Kier molecular flexibility index (Phi) is 10.1. The van der Waals surface area contributed by atoms with E-state index in [0.717, 1.165) is 31.4 Å². The van der Waals surface area contributed by atoms with Gasteiger partial charge in [-0.15, -0.1) is 0 Å². The minimum Gasteiger partial charge on any atom is -0.494 e. The Balaban J connectivity index is 1.46. The van der Waals surface area contributed by atoms with Crippen molar-refractivity contribution >= 4 is 16.7 Å². The number of aliphatic hydroxyl groups excluding tert-OH is 1. The molecule has 1 unspecified atom stereocenters. The van der Waals surface area contributed by atoms with Gasteiger partial charge in [-0.1, -0.05) is 43.7 Å². The molecule has 0 saturated heterocycles. The average molecular weight is 417 g/mol. The molecule has 0 saturated carbocycles. The van der Waals surface area contributed by atoms with Crippen LogP contribution in [0.15, 0.2) is 42.5 Å². The van der Waals surface area contributed by atoms with Crippen LogP contribution in [0, 0.1) is 5.41 Å². The van der Waals surface area contributed by atoms with Crippen LogP contribution in [0.1, 0.15) is 52.9 Å². The van der Waals surface area contributed by atoms with Gasteiger partial charge < -0.3 is 19.3 Å². The Morgan fingerprint density at radius 3 is 2.40 bits per heavy atom. The zero-order valence-corrected chi connectivity index (χ0v) is 18.6. The molecule has 5 heteroatoms. The minimum atomic E-state index is -0.781. The SMILES string of the molecule is CCC(C)(C)C(=O)OCC(O)COCCCCCCOc1ccc2ccccc2c1. The molecular weight excluding hydrogens is 380 g/mol. The van der Waals surface area contributed by atoms with Crippen molar-refractivity contribution in [1.29, 1.82) is 0 Å². The maximum atomic E-state index is 11.9. The molecule has 0 spiro atoms. The highest BCUT2D eigenvalue weighted by Gasteiger charge is 2.27. The van der Waals surface area contributed by atoms with Crippen LogP contribution in [0.5, 0.6) is 5.75 Å². The van der Waals surface area contributed by atoms with E-state index in [0.29, 0.717) is 19.6 Å². The van der Waals surface area contributed by atoms with Gasteiger partial charge in [0.25, 0.3) is 0 Å². The van der Waals surface area contributed by atoms with Crippen molar-refractivity contribution in [3.05, 3.63) is 42.5 Å². The molecule has 0 fully saturated rings. The Bertz CT molecular complexity index is 771. The van der Waals surface area contributed by atoms with Gasteiger partial charge in [-0.2, -0.15) is 0 Å². The Labute approximate surface area is 180 Å². The summed E-state index contributed by atoms with van der Waals surface area (Å²) in [5.41, 5.74) is -0.515. The second kappa shape index (κ2) is 12.6. The fourth-order valence-electron chi connectivity index (χ4n) is 2.89. The smallest absolute Gasteiger partial charge is 0.311 e. The normalized spacial score (nSPS) is 12.7. The molecule has 0 radical (unpaired) electrons. The number of carbonyl (C=O) groups excluding carboxylic acids is 1. The second-order valence-electron chi connectivity index (χ2n) is 8.34. The Morgan fingerprint density at radius 1 is 0.967 bits per heavy atom. The zero-order valence-electron chi connectivity index (χ0n) is 18.6. The molecule has 2 aromatic carbocycles. The van der Waals surface area contributed by atoms with E-state index in [1.54, 1.807) is 0 Å². The maximum Gasteiger partial charge on any atom is 0.311 e. The van der Waals surface area contributed by atoms with Gasteiger partial charge in [0.15, 0.2) is 0 Å². The third-order valence-electron chi connectivity index (χ3n) is 5.33. The molecule has 2 aromatic rings. The summed E-state index contributed by atoms with van der Waals surface area (Å²) in [6.07, 6.45) is 3.98. The minimum absolute atomic E-state index is 0.0195. The molecule has 0 aliphatic heterocycles. The van der Waals surface area contributed by atoms with Crippen LogP contribution in [-0.4, -0.2) is 43.6 Å². The fraction of sp³-hybridized carbons (Fsp3) is 0.560. The van der Waals surface area contributed by atoms with Crippen LogP contribution in [0.4, 0.5) is 0 Å². The van der Waals surface area contributed by atoms with Gasteiger partial charge in [-0.3, -0.25) is 4.79 Å². The molecule has 166 valence electrons. The van der Waals surface area contributed by atoms with Gasteiger partial charge in [0.1, 0.15) is 18.5 Å². The van der Waals surface area contributed by atoms with Crippen molar-refractivity contribution in [3.8, 4) is 5.75 Å². The van der Waals surface area contributed by atoms with E-state index in [2.05, 4.69) is 24.3 Å². The van der Waals surface area contributed by atoms with Gasteiger partial charge in [-0.05, 0) is 62.4 Å². The number of carbonyl (C=O) groups is 1. The highest BCUT2D eigenvalue weighted by Crippen LogP contribution is 2.22. The molecular formula is C25H36O5. The standard InChI is InChI=1S/C25H36O5/c1-4-25(2,3)24(27)30-19-22(26)18-28-15-9-5-6-10-16-29-23-14-13-20-11-7-8-12-21(20)17-23/h7-8,11-14,17,22,26H,4-6,9-10,15-16,18-19H2,1-3H3. The number of fused-ring (bicyclic) bond motifs is 1. The third kappa shape index (κ3) is 8.33. The Morgan fingerprint density at radius 2 is 1.67 bits per heavy atom. The molecule has 1 N–H and O–H groups in total. The summed E-state index contributed by atoms with van der Waals surface area (Å²) in [4.78, 5) is 11.9. The van der Waals surface area contributed by atoms with Crippen LogP contribution in [0.2, 0.25) is 0 Å². The van der Waals surface area contributed by atoms with E-state index in [1.165, 1.54) is 10.8 Å². The number of hydrogen-bond acceptors (Lipinski definition) is 5. The van der Waals surface area contributed by atoms with E-state index in [9.17, 15) is 9.90 Å². The summed E-state index contributed by atoms with van der Waals surface area (Å²) in [5, 5.41) is 12.3. The van der Waals surface area contributed by atoms with Crippen LogP contribution in [-0.2, 0) is 14.3 Å². The van der Waals surface area contributed by atoms with Crippen molar-refractivity contribution in [2.45, 2.75) is 59.0 Å². The average Bonchev–Trinajstić information content (AvgIpc) is 2.76. The topological polar surface area (TPSA) is 65.0 Å². The maximum absolute atomic E-state index is 11.9. The van der Waals surface area contributed by atoms with E-state index >= 15 is 0 Å². The van der Waals surface area contributed by atoms with E-state index in [1.807, 2.05) is 39.0 Å². The first-order valence-corrected chi connectivity index (χ1v) is 11.0. The third-order valence-corrected chi connectivity index (χ3v) is 5.33. The van der Waals surface area contributed by atoms with Crippen molar-refractivity contribution in [3.63, 3.8) is 0 Å². The summed E-state index contributed by atoms with van der Waals surface area (Å²) < 4.78 is 16.5. The molecule has 1 atom stereocenters. The van der Waals surface area contributed by atoms with Crippen LogP contribution in [0.25, 0.3) is 10.8 Å².